The average Bonchev–Trinajstić information content (AvgIpc) is 2.72. The summed E-state index contributed by atoms with van der Waals surface area (Å²) >= 11 is 0. The van der Waals surface area contributed by atoms with Gasteiger partial charge in [-0.1, -0.05) is 19.1 Å². The average molecular weight is 386 g/mol. The molecule has 152 valence electrons. The van der Waals surface area contributed by atoms with Crippen LogP contribution in [0.2, 0.25) is 0 Å². The quantitative estimate of drug-likeness (QED) is 0.707. The maximum absolute atomic E-state index is 12.5. The van der Waals surface area contributed by atoms with E-state index in [1.54, 1.807) is 6.07 Å². The van der Waals surface area contributed by atoms with Crippen molar-refractivity contribution in [1.82, 2.24) is 4.98 Å². The zero-order valence-electron chi connectivity index (χ0n) is 17.0. The predicted octanol–water partition coefficient (Wildman–Crippen LogP) is 4.07. The molecule has 0 spiro atoms. The number of benzene rings is 1. The van der Waals surface area contributed by atoms with Crippen molar-refractivity contribution in [3.8, 4) is 11.6 Å². The Labute approximate surface area is 167 Å². The van der Waals surface area contributed by atoms with E-state index in [-0.39, 0.29) is 11.5 Å². The molecule has 1 aliphatic rings. The molecule has 1 fully saturated rings. The van der Waals surface area contributed by atoms with Crippen LogP contribution in [0, 0.1) is 0 Å². The highest BCUT2D eigenvalue weighted by atomic mass is 16.5. The largest absolute Gasteiger partial charge is 0.494 e. The van der Waals surface area contributed by atoms with Crippen LogP contribution in [-0.2, 0) is 24.0 Å². The van der Waals surface area contributed by atoms with Gasteiger partial charge in [0.15, 0.2) is 11.3 Å². The fourth-order valence-electron chi connectivity index (χ4n) is 3.60. The number of aromatic nitrogens is 1. The summed E-state index contributed by atoms with van der Waals surface area (Å²) in [6.45, 7) is 5.94. The van der Waals surface area contributed by atoms with Gasteiger partial charge in [-0.15, -0.1) is 0 Å². The van der Waals surface area contributed by atoms with Gasteiger partial charge in [0.05, 0.1) is 12.7 Å². The zero-order valence-corrected chi connectivity index (χ0v) is 17.0. The van der Waals surface area contributed by atoms with E-state index in [9.17, 15) is 4.79 Å². The molecule has 0 aliphatic carbocycles. The van der Waals surface area contributed by atoms with Gasteiger partial charge in [0.1, 0.15) is 12.4 Å². The number of aromatic amines is 1. The van der Waals surface area contributed by atoms with Crippen molar-refractivity contribution < 1.29 is 14.2 Å². The Morgan fingerprint density at radius 2 is 1.93 bits per heavy atom. The van der Waals surface area contributed by atoms with Gasteiger partial charge < -0.3 is 19.2 Å². The fourth-order valence-corrected chi connectivity index (χ4v) is 3.60. The lowest BCUT2D eigenvalue weighted by atomic mass is 10.0. The summed E-state index contributed by atoms with van der Waals surface area (Å²) in [7, 11) is 0. The monoisotopic (exact) mass is 385 g/mol. The van der Waals surface area contributed by atoms with E-state index in [0.717, 1.165) is 49.3 Å². The molecule has 0 saturated carbocycles. The number of aryl methyl sites for hydroxylation is 2. The van der Waals surface area contributed by atoms with Gasteiger partial charge in [0.25, 0.3) is 0 Å². The lowest BCUT2D eigenvalue weighted by Crippen LogP contribution is -2.26. The summed E-state index contributed by atoms with van der Waals surface area (Å²) in [4.78, 5) is 15.9. The fraction of sp³-hybridized carbons (Fsp3) is 0.522. The second-order valence-corrected chi connectivity index (χ2v) is 7.19. The van der Waals surface area contributed by atoms with E-state index in [1.165, 1.54) is 12.0 Å². The van der Waals surface area contributed by atoms with Crippen molar-refractivity contribution >= 4 is 0 Å². The maximum Gasteiger partial charge on any atom is 0.194 e. The van der Waals surface area contributed by atoms with Crippen LogP contribution in [0.3, 0.4) is 0 Å². The molecule has 1 aromatic carbocycles. The highest BCUT2D eigenvalue weighted by Crippen LogP contribution is 2.17. The van der Waals surface area contributed by atoms with Crippen molar-refractivity contribution in [3.63, 3.8) is 0 Å². The Morgan fingerprint density at radius 1 is 1.11 bits per heavy atom. The van der Waals surface area contributed by atoms with Gasteiger partial charge in [-0.25, -0.2) is 0 Å². The molecule has 1 aromatic heterocycles. The van der Waals surface area contributed by atoms with Crippen molar-refractivity contribution in [2.45, 2.75) is 58.5 Å². The Morgan fingerprint density at radius 3 is 2.61 bits per heavy atom. The summed E-state index contributed by atoms with van der Waals surface area (Å²) < 4.78 is 17.1. The van der Waals surface area contributed by atoms with E-state index in [2.05, 4.69) is 17.1 Å². The summed E-state index contributed by atoms with van der Waals surface area (Å²) in [5.41, 5.74) is 3.06. The third-order valence-electron chi connectivity index (χ3n) is 5.15. The highest BCUT2D eigenvalue weighted by Gasteiger charge is 2.16. The van der Waals surface area contributed by atoms with Crippen LogP contribution >= 0.6 is 0 Å². The first-order valence-electron chi connectivity index (χ1n) is 10.4. The number of ether oxygens (including phenoxy) is 3. The van der Waals surface area contributed by atoms with Crippen LogP contribution in [0.1, 0.15) is 49.9 Å². The number of hydrogen-bond acceptors (Lipinski definition) is 4. The molecular weight excluding hydrogens is 354 g/mol. The molecule has 1 atom stereocenters. The van der Waals surface area contributed by atoms with E-state index >= 15 is 0 Å². The minimum atomic E-state index is 0.0440. The molecule has 1 aliphatic heterocycles. The molecule has 5 heteroatoms. The van der Waals surface area contributed by atoms with Crippen molar-refractivity contribution in [2.24, 2.45) is 0 Å². The van der Waals surface area contributed by atoms with Crippen LogP contribution in [0.4, 0.5) is 0 Å². The lowest BCUT2D eigenvalue weighted by molar-refractivity contribution is -0.0120. The first-order valence-corrected chi connectivity index (χ1v) is 10.4. The maximum atomic E-state index is 12.5. The number of hydrogen-bond donors (Lipinski definition) is 1. The van der Waals surface area contributed by atoms with Gasteiger partial charge >= 0.3 is 0 Å². The normalized spacial score (nSPS) is 16.7. The number of H-pyrrole nitrogens is 1. The zero-order chi connectivity index (χ0) is 19.8. The molecule has 1 N–H and O–H groups in total. The Bertz CT molecular complexity index is 791. The topological polar surface area (TPSA) is 60.6 Å². The SMILES string of the molecule is CCOc1ccc(CCc2[nH]c(OCC3CCCCO3)cc(=O)c2CC)cc1. The molecule has 2 heterocycles. The van der Waals surface area contributed by atoms with E-state index in [4.69, 9.17) is 14.2 Å². The summed E-state index contributed by atoms with van der Waals surface area (Å²) in [5.74, 6) is 1.42. The first-order chi connectivity index (χ1) is 13.7. The standard InChI is InChI=1S/C23H31NO4/c1-3-20-21(13-10-17-8-11-18(12-9-17)26-4-2)24-23(15-22(20)25)28-16-19-7-5-6-14-27-19/h8-9,11-12,15,19H,3-7,10,13-14,16H2,1-2H3,(H,24,25). The molecule has 2 aromatic rings. The second kappa shape index (κ2) is 10.3. The molecule has 0 radical (unpaired) electrons. The van der Waals surface area contributed by atoms with Gasteiger partial charge in [-0.3, -0.25) is 4.79 Å². The molecule has 28 heavy (non-hydrogen) atoms. The number of pyridine rings is 1. The van der Waals surface area contributed by atoms with Crippen LogP contribution in [-0.4, -0.2) is 30.9 Å². The lowest BCUT2D eigenvalue weighted by Gasteiger charge is -2.22. The van der Waals surface area contributed by atoms with Crippen LogP contribution in [0.15, 0.2) is 35.1 Å². The summed E-state index contributed by atoms with van der Waals surface area (Å²) in [6, 6.07) is 9.71. The summed E-state index contributed by atoms with van der Waals surface area (Å²) in [6.07, 6.45) is 5.76. The number of nitrogens with one attached hydrogen (secondary N) is 1. The third-order valence-corrected chi connectivity index (χ3v) is 5.15. The Kier molecular flexibility index (Phi) is 7.54. The van der Waals surface area contributed by atoms with Gasteiger partial charge in [-0.05, 0) is 63.1 Å². The molecule has 0 amide bonds. The number of rotatable bonds is 9. The Hall–Kier alpha value is -2.27. The predicted molar refractivity (Wildman–Crippen MR) is 111 cm³/mol. The van der Waals surface area contributed by atoms with Crippen LogP contribution in [0.5, 0.6) is 11.6 Å². The van der Waals surface area contributed by atoms with Gasteiger partial charge in [-0.2, -0.15) is 0 Å². The molecule has 1 unspecified atom stereocenters. The molecule has 1 saturated heterocycles. The highest BCUT2D eigenvalue weighted by molar-refractivity contribution is 5.30. The van der Waals surface area contributed by atoms with Crippen molar-refractivity contribution in [3.05, 3.63) is 57.4 Å². The Balaban J connectivity index is 1.66. The molecule has 3 rings (SSSR count). The van der Waals surface area contributed by atoms with Gasteiger partial charge in [0, 0.05) is 23.9 Å². The third kappa shape index (κ3) is 5.61. The van der Waals surface area contributed by atoms with Gasteiger partial charge in [0.2, 0.25) is 0 Å². The smallest absolute Gasteiger partial charge is 0.194 e. The van der Waals surface area contributed by atoms with Crippen molar-refractivity contribution in [2.75, 3.05) is 19.8 Å². The molecule has 5 nitrogen and oxygen atoms in total. The van der Waals surface area contributed by atoms with Crippen LogP contribution < -0.4 is 14.9 Å². The minimum Gasteiger partial charge on any atom is -0.494 e. The first kappa shape index (κ1) is 20.5. The second-order valence-electron chi connectivity index (χ2n) is 7.19. The van der Waals surface area contributed by atoms with E-state index < -0.39 is 0 Å². The van der Waals surface area contributed by atoms with E-state index in [0.29, 0.717) is 25.5 Å². The van der Waals surface area contributed by atoms with E-state index in [1.807, 2.05) is 26.0 Å². The molecule has 0 bridgehead atoms. The van der Waals surface area contributed by atoms with Crippen molar-refractivity contribution in [1.29, 1.82) is 0 Å². The minimum absolute atomic E-state index is 0.0440. The summed E-state index contributed by atoms with van der Waals surface area (Å²) in [5, 5.41) is 0. The van der Waals surface area contributed by atoms with Crippen LogP contribution in [0.25, 0.3) is 0 Å². The molecular formula is C23H31NO4.